The number of nitriles is 1. The van der Waals surface area contributed by atoms with Crippen molar-refractivity contribution in [3.05, 3.63) is 120 Å². The molecule has 0 radical (unpaired) electrons. The van der Waals surface area contributed by atoms with Gasteiger partial charge in [0.15, 0.2) is 41.5 Å². The molecule has 0 bridgehead atoms. The number of esters is 4. The molecule has 2 aliphatic heterocycles. The van der Waals surface area contributed by atoms with Gasteiger partial charge in [-0.25, -0.2) is 23.8 Å². The van der Waals surface area contributed by atoms with Crippen molar-refractivity contribution in [1.29, 1.82) is 5.26 Å². The molecule has 2 aliphatic rings. The van der Waals surface area contributed by atoms with E-state index in [1.807, 2.05) is 97.1 Å². The van der Waals surface area contributed by atoms with E-state index in [-0.39, 0.29) is 24.2 Å². The number of rotatable bonds is 21. The topological polar surface area (TPSA) is 277 Å². The fourth-order valence-electron chi connectivity index (χ4n) is 8.62. The number of nitrogens with zero attached hydrogens (tertiary/aromatic N) is 5. The minimum Gasteiger partial charge on any atom is -0.463 e. The van der Waals surface area contributed by atoms with Crippen molar-refractivity contribution < 1.29 is 74.9 Å². The minimum atomic E-state index is -5.45. The molecule has 2 fully saturated rings. The largest absolute Gasteiger partial charge is 0.481 e. The third-order valence-electron chi connectivity index (χ3n) is 12.0. The second-order valence-electron chi connectivity index (χ2n) is 17.0. The van der Waals surface area contributed by atoms with Crippen molar-refractivity contribution in [2.75, 3.05) is 25.1 Å². The Morgan fingerprint density at radius 2 is 1.32 bits per heavy atom. The van der Waals surface area contributed by atoms with E-state index in [1.165, 1.54) is 24.1 Å². The zero-order valence-corrected chi connectivity index (χ0v) is 43.1. The van der Waals surface area contributed by atoms with Gasteiger partial charge in [-0.2, -0.15) is 5.26 Å². The van der Waals surface area contributed by atoms with Crippen LogP contribution in [0.15, 0.2) is 104 Å². The monoisotopic (exact) mass is 1060 g/mol. The van der Waals surface area contributed by atoms with Crippen LogP contribution in [-0.4, -0.2) is 105 Å². The highest BCUT2D eigenvalue weighted by Crippen LogP contribution is 2.65. The van der Waals surface area contributed by atoms with Gasteiger partial charge in [-0.05, 0) is 34.4 Å². The lowest BCUT2D eigenvalue weighted by molar-refractivity contribution is -0.257. The number of ether oxygens (including phenoxy) is 6. The van der Waals surface area contributed by atoms with Crippen LogP contribution in [0.3, 0.4) is 0 Å². The van der Waals surface area contributed by atoms with Gasteiger partial charge in [0.1, 0.15) is 24.6 Å². The molecule has 7 rings (SSSR count). The van der Waals surface area contributed by atoms with Gasteiger partial charge in [0.05, 0.1) is 38.1 Å². The quantitative estimate of drug-likeness (QED) is 0.0252. The molecule has 11 atom stereocenters. The van der Waals surface area contributed by atoms with Crippen LogP contribution in [0.1, 0.15) is 70.9 Å². The summed E-state index contributed by atoms with van der Waals surface area (Å²) >= 11 is 5.61. The van der Waals surface area contributed by atoms with E-state index in [9.17, 15) is 33.9 Å². The van der Waals surface area contributed by atoms with Crippen LogP contribution in [0.4, 0.5) is 5.82 Å². The molecule has 73 heavy (non-hydrogen) atoms. The number of anilines is 1. The number of imidazole rings is 1. The van der Waals surface area contributed by atoms with E-state index in [2.05, 4.69) is 15.3 Å². The molecule has 388 valence electrons. The Labute approximate surface area is 425 Å². The van der Waals surface area contributed by atoms with Gasteiger partial charge in [0.2, 0.25) is 6.29 Å². The van der Waals surface area contributed by atoms with E-state index in [1.54, 1.807) is 13.8 Å². The maximum Gasteiger partial charge on any atom is 0.481 e. The molecule has 0 aliphatic carbocycles. The molecule has 0 spiro atoms. The van der Waals surface area contributed by atoms with Gasteiger partial charge in [-0.1, -0.05) is 105 Å². The summed E-state index contributed by atoms with van der Waals surface area (Å²) in [4.78, 5) is 74.6. The number of hydrogen-bond acceptors (Lipinski definition) is 21. The van der Waals surface area contributed by atoms with Gasteiger partial charge in [0, 0.05) is 33.6 Å². The summed E-state index contributed by atoms with van der Waals surface area (Å²) in [6.45, 7) is 2.11. The van der Waals surface area contributed by atoms with Crippen LogP contribution >= 0.6 is 14.5 Å². The summed E-state index contributed by atoms with van der Waals surface area (Å²) in [7, 11) is -5.45. The third-order valence-corrected chi connectivity index (χ3v) is 16.3. The number of carbonyl (C=O) groups is 4. The Hall–Kier alpha value is -6.02. The second kappa shape index (κ2) is 23.9. The van der Waals surface area contributed by atoms with Crippen LogP contribution in [0.2, 0.25) is 0 Å². The predicted molar refractivity (Wildman–Crippen MR) is 261 cm³/mol. The molecule has 5 unspecified atom stereocenters. The highest BCUT2D eigenvalue weighted by atomic mass is 32.5. The lowest BCUT2D eigenvalue weighted by Crippen LogP contribution is -2.53. The number of hydrogen-bond donors (Lipinski definition) is 2. The van der Waals surface area contributed by atoms with Gasteiger partial charge >= 0.3 is 38.4 Å². The van der Waals surface area contributed by atoms with Crippen molar-refractivity contribution >= 4 is 67.2 Å². The number of fused-ring (bicyclic) bond motifs is 1. The van der Waals surface area contributed by atoms with Crippen LogP contribution in [0.5, 0.6) is 0 Å². The Balaban J connectivity index is 1.20. The van der Waals surface area contributed by atoms with Crippen molar-refractivity contribution in [2.45, 2.75) is 96.5 Å². The fraction of sp³-hybridized carbons (Fsp3) is 0.417. The summed E-state index contributed by atoms with van der Waals surface area (Å²) < 4.78 is 72.5. The molecule has 2 aromatic heterocycles. The van der Waals surface area contributed by atoms with Crippen molar-refractivity contribution in [3.63, 3.8) is 0 Å². The fourth-order valence-corrected chi connectivity index (χ4v) is 12.5. The predicted octanol–water partition coefficient (Wildman–Crippen LogP) is 6.79. The number of aromatic nitrogens is 4. The molecular weight excluding hydrogens is 1010 g/mol. The highest BCUT2D eigenvalue weighted by molar-refractivity contribution is 8.08. The summed E-state index contributed by atoms with van der Waals surface area (Å²) in [6, 6.07) is 31.3. The van der Waals surface area contributed by atoms with E-state index in [4.69, 9.17) is 63.1 Å². The molecule has 4 heterocycles. The first-order valence-corrected chi connectivity index (χ1v) is 27.0. The lowest BCUT2D eigenvalue weighted by atomic mass is 9.77. The molecule has 0 saturated carbocycles. The molecule has 2 saturated heterocycles. The molecule has 0 amide bonds. The van der Waals surface area contributed by atoms with E-state index >= 15 is 0 Å². The number of carbonyl (C=O) groups excluding carboxylic acids is 4. The molecular formula is C48H54N6O16P2S. The van der Waals surface area contributed by atoms with E-state index in [0.717, 1.165) is 37.5 Å². The van der Waals surface area contributed by atoms with Gasteiger partial charge in [-0.3, -0.25) is 28.3 Å². The maximum absolute atomic E-state index is 13.9. The summed E-state index contributed by atoms with van der Waals surface area (Å²) in [5.41, 5.74) is 2.10. The molecule has 2 N–H and O–H groups in total. The van der Waals surface area contributed by atoms with E-state index in [0.29, 0.717) is 5.82 Å². The van der Waals surface area contributed by atoms with Crippen LogP contribution < -0.4 is 5.32 Å². The minimum absolute atomic E-state index is 0.202. The zero-order chi connectivity index (χ0) is 52.5. The average Bonchev–Trinajstić information content (AvgIpc) is 3.93. The summed E-state index contributed by atoms with van der Waals surface area (Å²) in [5.74, 6) is -3.62. The standard InChI is InChI=1S/C48H54N6O16P2S/c1-29-30(2)41(64-32(4)56)47(68-38(29)25-61-31(3)55)69-71(59,60)70-72(73,62-24-16-23-49)63-26-39-42(65-33(5)57)43(66-34(6)58)46(67-39)54-28-52-40-44(50-27-51-45(40)54)53-48(35-17-10-7-11-18-35,36-19-12-8-13-20-36)37-21-14-9-15-22-37/h7-15,17-22,27-30,38-39,41-43,46-47H,16,24-26H2,1-6H3,(H,59,60)(H,50,51,53)/t29-,30-,38?,39+,41?,42?,43-,46+,47-,72?/m0/s1. The number of phosphoric acid groups is 1. The van der Waals surface area contributed by atoms with Crippen LogP contribution in [-0.2, 0) is 87.4 Å². The third kappa shape index (κ3) is 13.0. The van der Waals surface area contributed by atoms with E-state index < -0.39 is 112 Å². The smallest absolute Gasteiger partial charge is 0.463 e. The molecule has 25 heteroatoms. The molecule has 3 aromatic carbocycles. The summed E-state index contributed by atoms with van der Waals surface area (Å²) in [5, 5.41) is 13.0. The first kappa shape index (κ1) is 54.7. The number of nitrogens with one attached hydrogen (secondary N) is 1. The summed E-state index contributed by atoms with van der Waals surface area (Å²) in [6.07, 6.45) is -6.98. The Bertz CT molecular complexity index is 2780. The van der Waals surface area contributed by atoms with Crippen molar-refractivity contribution in [1.82, 2.24) is 19.5 Å². The van der Waals surface area contributed by atoms with Crippen LogP contribution in [0, 0.1) is 23.2 Å². The van der Waals surface area contributed by atoms with Crippen molar-refractivity contribution in [2.24, 2.45) is 11.8 Å². The normalized spacial score (nSPS) is 24.5. The SMILES string of the molecule is CC(=O)OCC1O[C@@H](OP(=O)(O)OP(=S)(OCCC#N)OC[C@H]2O[C@@H](n3cnc4c(NC(c5ccccc5)(c5ccccc5)c5ccccc5)ncnc43)[C@@H](OC(C)=O)C2OC(C)=O)C(OC(C)=O)[C@@H](C)[C@@H]1C. The maximum atomic E-state index is 13.9. The van der Waals surface area contributed by atoms with Crippen molar-refractivity contribution in [3.8, 4) is 6.07 Å². The zero-order valence-electron chi connectivity index (χ0n) is 40.4. The lowest BCUT2D eigenvalue weighted by Gasteiger charge is -2.43. The second-order valence-corrected chi connectivity index (χ2v) is 21.6. The Kier molecular flexibility index (Phi) is 17.9. The Morgan fingerprint density at radius 3 is 1.86 bits per heavy atom. The first-order valence-electron chi connectivity index (χ1n) is 22.9. The molecule has 5 aromatic rings. The van der Waals surface area contributed by atoms with Crippen LogP contribution in [0.25, 0.3) is 11.2 Å². The van der Waals surface area contributed by atoms with Gasteiger partial charge in [0.25, 0.3) is 0 Å². The first-order chi connectivity index (χ1) is 34.8. The van der Waals surface area contributed by atoms with Gasteiger partial charge < -0.3 is 47.7 Å². The number of phosphoric ester groups is 1. The Morgan fingerprint density at radius 1 is 0.753 bits per heavy atom. The number of benzene rings is 3. The molecule has 22 nitrogen and oxygen atoms in total. The highest BCUT2D eigenvalue weighted by Gasteiger charge is 2.53. The van der Waals surface area contributed by atoms with Gasteiger partial charge in [-0.15, -0.1) is 0 Å². The average molecular weight is 1070 g/mol.